The summed E-state index contributed by atoms with van der Waals surface area (Å²) in [5, 5.41) is 6.33. The fraction of sp³-hybridized carbons (Fsp3) is 0.517. The van der Waals surface area contributed by atoms with E-state index < -0.39 is 5.41 Å². The minimum absolute atomic E-state index is 0.0976. The summed E-state index contributed by atoms with van der Waals surface area (Å²) in [6.45, 7) is 9.30. The van der Waals surface area contributed by atoms with Crippen molar-refractivity contribution in [1.29, 1.82) is 0 Å². The number of halogens is 1. The summed E-state index contributed by atoms with van der Waals surface area (Å²) in [7, 11) is 1.91. The first kappa shape index (κ1) is 33.1. The molecule has 1 aliphatic rings. The van der Waals surface area contributed by atoms with Crippen molar-refractivity contribution in [3.8, 4) is 5.75 Å². The first-order valence-corrected chi connectivity index (χ1v) is 14.8. The molecule has 1 amide bonds. The normalized spacial score (nSPS) is 14.3. The monoisotopic (exact) mass is 579 g/mol. The molecule has 0 unspecified atom stereocenters. The second-order valence-corrected chi connectivity index (χ2v) is 11.8. The minimum Gasteiger partial charge on any atom is -0.494 e. The number of likely N-dealkylation sites (N-methyl/N-ethyl adjacent to an activating group) is 1. The van der Waals surface area contributed by atoms with Crippen LogP contribution in [0.25, 0.3) is 0 Å². The molecule has 1 heterocycles. The van der Waals surface area contributed by atoms with E-state index in [0.29, 0.717) is 19.0 Å². The first-order chi connectivity index (χ1) is 18.8. The maximum absolute atomic E-state index is 13.0. The third-order valence-corrected chi connectivity index (χ3v) is 7.94. The number of carbonyl (C=O) groups is 2. The number of piperidine rings is 1. The van der Waals surface area contributed by atoms with Crippen LogP contribution in [0.4, 0.5) is 4.39 Å². The van der Waals surface area contributed by atoms with Crippen molar-refractivity contribution in [3.05, 3.63) is 54.3 Å². The van der Waals surface area contributed by atoms with Crippen molar-refractivity contribution in [3.63, 3.8) is 0 Å². The fourth-order valence-electron chi connectivity index (χ4n) is 3.78. The predicted octanol–water partition coefficient (Wildman–Crippen LogP) is 5.75. The summed E-state index contributed by atoms with van der Waals surface area (Å²) in [5.74, 6) is 0.465. The van der Waals surface area contributed by atoms with E-state index in [1.807, 2.05) is 20.9 Å². The molecular weight excluding hydrogens is 537 g/mol. The number of benzene rings is 2. The molecule has 0 bridgehead atoms. The first-order valence-electron chi connectivity index (χ1n) is 13.3. The zero-order chi connectivity index (χ0) is 28.5. The number of aldehydes is 1. The van der Waals surface area contributed by atoms with Crippen molar-refractivity contribution < 1.29 is 22.9 Å². The average Bonchev–Trinajstić information content (AvgIpc) is 2.92. The zero-order valence-corrected chi connectivity index (χ0v) is 25.0. The molecule has 10 heteroatoms. The Kier molecular flexibility index (Phi) is 15.5. The molecule has 7 nitrogen and oxygen atoms in total. The Labute approximate surface area is 241 Å². The Morgan fingerprint density at radius 1 is 1.08 bits per heavy atom. The number of nitrogens with zero attached hydrogens (tertiary/aromatic N) is 1. The van der Waals surface area contributed by atoms with Gasteiger partial charge in [0, 0.05) is 52.9 Å². The Morgan fingerprint density at radius 2 is 1.69 bits per heavy atom. The van der Waals surface area contributed by atoms with Crippen molar-refractivity contribution in [2.45, 2.75) is 62.3 Å². The van der Waals surface area contributed by atoms with Crippen LogP contribution in [0.3, 0.4) is 0 Å². The summed E-state index contributed by atoms with van der Waals surface area (Å²) in [4.78, 5) is 24.0. The maximum Gasteiger partial charge on any atom is 0.225 e. The molecule has 216 valence electrons. The van der Waals surface area contributed by atoms with Gasteiger partial charge in [-0.05, 0) is 100 Å². The van der Waals surface area contributed by atoms with Crippen molar-refractivity contribution in [1.82, 2.24) is 14.9 Å². The van der Waals surface area contributed by atoms with Crippen LogP contribution in [-0.2, 0) is 13.8 Å². The molecule has 1 aliphatic heterocycles. The number of nitrogens with one attached hydrogen (secondary N) is 2. The van der Waals surface area contributed by atoms with Crippen molar-refractivity contribution in [2.24, 2.45) is 5.41 Å². The molecule has 0 radical (unpaired) electrons. The number of amides is 1. The van der Waals surface area contributed by atoms with Crippen molar-refractivity contribution in [2.75, 3.05) is 39.9 Å². The van der Waals surface area contributed by atoms with Crippen LogP contribution >= 0.6 is 24.0 Å². The van der Waals surface area contributed by atoms with E-state index in [0.717, 1.165) is 56.5 Å². The van der Waals surface area contributed by atoms with E-state index >= 15 is 0 Å². The van der Waals surface area contributed by atoms with Gasteiger partial charge in [-0.2, -0.15) is 0 Å². The highest BCUT2D eigenvalue weighted by Gasteiger charge is 2.30. The highest BCUT2D eigenvalue weighted by Crippen LogP contribution is 2.29. The van der Waals surface area contributed by atoms with Gasteiger partial charge in [-0.25, -0.2) is 8.70 Å². The van der Waals surface area contributed by atoms with E-state index in [1.54, 1.807) is 24.1 Å². The van der Waals surface area contributed by atoms with E-state index in [-0.39, 0.29) is 17.8 Å². The molecule has 0 saturated carbocycles. The van der Waals surface area contributed by atoms with Gasteiger partial charge in [0.05, 0.1) is 13.2 Å². The summed E-state index contributed by atoms with van der Waals surface area (Å²) in [6, 6.07) is 14.7. The number of rotatable bonds is 14. The smallest absolute Gasteiger partial charge is 0.225 e. The topological polar surface area (TPSA) is 79.9 Å². The molecule has 2 aromatic carbocycles. The predicted molar refractivity (Wildman–Crippen MR) is 157 cm³/mol. The lowest BCUT2D eigenvalue weighted by molar-refractivity contribution is -0.130. The van der Waals surface area contributed by atoms with Gasteiger partial charge in [0.25, 0.3) is 0 Å². The zero-order valence-electron chi connectivity index (χ0n) is 23.4. The lowest BCUT2D eigenvalue weighted by Gasteiger charge is -2.33. The quantitative estimate of drug-likeness (QED) is 0.127. The molecule has 0 aliphatic carbocycles. The van der Waals surface area contributed by atoms with E-state index in [1.165, 1.54) is 36.0 Å². The van der Waals surface area contributed by atoms with Gasteiger partial charge in [-0.15, -0.1) is 0 Å². The second kappa shape index (κ2) is 18.3. The molecule has 1 saturated heterocycles. The number of ether oxygens (including phenoxy) is 1. The van der Waals surface area contributed by atoms with Crippen LogP contribution < -0.4 is 15.4 Å². The van der Waals surface area contributed by atoms with Gasteiger partial charge in [0.15, 0.2) is 0 Å². The summed E-state index contributed by atoms with van der Waals surface area (Å²) >= 11 is 3.18. The molecule has 0 aromatic heterocycles. The molecule has 0 spiro atoms. The number of carbonyl (C=O) groups excluding carboxylic acids is 2. The molecule has 2 N–H and O–H groups in total. The molecule has 0 atom stereocenters. The van der Waals surface area contributed by atoms with E-state index in [9.17, 15) is 9.18 Å². The third-order valence-electron chi connectivity index (χ3n) is 6.08. The van der Waals surface area contributed by atoms with Gasteiger partial charge in [-0.1, -0.05) is 13.8 Å². The summed E-state index contributed by atoms with van der Waals surface area (Å²) in [6.07, 6.45) is 4.11. The highest BCUT2D eigenvalue weighted by molar-refractivity contribution is 7.97. The summed E-state index contributed by atoms with van der Waals surface area (Å²) < 4.78 is 26.6. The Morgan fingerprint density at radius 3 is 2.31 bits per heavy atom. The second-order valence-electron chi connectivity index (χ2n) is 9.77. The van der Waals surface area contributed by atoms with Crippen molar-refractivity contribution >= 4 is 36.2 Å². The van der Waals surface area contributed by atoms with Crippen LogP contribution in [0.2, 0.25) is 0 Å². The van der Waals surface area contributed by atoms with Gasteiger partial charge in [-0.3, -0.25) is 4.79 Å². The maximum atomic E-state index is 13.0. The van der Waals surface area contributed by atoms with E-state index in [4.69, 9.17) is 13.7 Å². The van der Waals surface area contributed by atoms with Gasteiger partial charge in [0.2, 0.25) is 5.91 Å². The standard InChI is InChI=1S/C27H38FN3O3S2.C2H4O/c1-27(2,15-4-19-33-23-7-5-21(28)6-8-23)26(32)30-22-13-17-31(18-14-22)35-24-9-11-25(12-10-24)36-34-20-16-29-3;1-2-3/h5-12,22,29H,4,13-20H2,1-3H3,(H,30,32);2H,1H3. The number of hydrogen-bond donors (Lipinski definition) is 2. The highest BCUT2D eigenvalue weighted by atomic mass is 32.2. The lowest BCUT2D eigenvalue weighted by Crippen LogP contribution is -2.47. The van der Waals surface area contributed by atoms with Gasteiger partial charge < -0.3 is 24.3 Å². The number of hydrogen-bond acceptors (Lipinski definition) is 8. The lowest BCUT2D eigenvalue weighted by atomic mass is 9.86. The minimum atomic E-state index is -0.464. The van der Waals surface area contributed by atoms with Crippen LogP contribution in [0.5, 0.6) is 5.75 Å². The van der Waals surface area contributed by atoms with Gasteiger partial charge in [0.1, 0.15) is 17.9 Å². The van der Waals surface area contributed by atoms with Crippen LogP contribution in [0.1, 0.15) is 46.5 Å². The van der Waals surface area contributed by atoms with Gasteiger partial charge >= 0.3 is 0 Å². The molecule has 3 rings (SSSR count). The third kappa shape index (κ3) is 13.2. The SMILES string of the molecule is CC=O.CNCCOSc1ccc(SN2CCC(NC(=O)C(C)(C)CCCOc3ccc(F)cc3)CC2)cc1. The van der Waals surface area contributed by atoms with Crippen LogP contribution in [-0.4, -0.2) is 62.4 Å². The Bertz CT molecular complexity index is 970. The largest absolute Gasteiger partial charge is 0.494 e. The molecular formula is C29H42FN3O4S2. The molecule has 1 fully saturated rings. The average molecular weight is 580 g/mol. The van der Waals surface area contributed by atoms with Crippen LogP contribution in [0, 0.1) is 11.2 Å². The van der Waals surface area contributed by atoms with Crippen LogP contribution in [0.15, 0.2) is 58.3 Å². The summed E-state index contributed by atoms with van der Waals surface area (Å²) in [5.41, 5.74) is -0.464. The Hall–Kier alpha value is -2.11. The molecule has 2 aromatic rings. The molecule has 39 heavy (non-hydrogen) atoms. The fourth-order valence-corrected chi connectivity index (χ4v) is 5.28. The Balaban J connectivity index is 0.00000170. The van der Waals surface area contributed by atoms with E-state index in [2.05, 4.69) is 39.2 Å².